The number of anilines is 1. The van der Waals surface area contributed by atoms with Gasteiger partial charge in [-0.25, -0.2) is 9.97 Å². The molecule has 3 aromatic heterocycles. The molecule has 3 heterocycles. The number of amides is 1. The highest BCUT2D eigenvalue weighted by Crippen LogP contribution is 2.31. The Morgan fingerprint density at radius 1 is 1.14 bits per heavy atom. The number of hydrogen-bond acceptors (Lipinski definition) is 5. The van der Waals surface area contributed by atoms with Crippen molar-refractivity contribution in [3.05, 3.63) is 72.6 Å². The molecule has 6 rings (SSSR count). The normalized spacial score (nSPS) is 13.6. The number of para-hydroxylation sites is 1. The van der Waals surface area contributed by atoms with Crippen molar-refractivity contribution in [1.82, 2.24) is 19.7 Å². The topological polar surface area (TPSA) is 84.5 Å². The van der Waals surface area contributed by atoms with E-state index in [1.54, 1.807) is 0 Å². The van der Waals surface area contributed by atoms with E-state index in [9.17, 15) is 4.79 Å². The number of benzene rings is 2. The molecule has 0 bridgehead atoms. The Bertz CT molecular complexity index is 1490. The van der Waals surface area contributed by atoms with Crippen LogP contribution in [0.4, 0.5) is 5.82 Å². The lowest BCUT2D eigenvalue weighted by Crippen LogP contribution is -2.25. The lowest BCUT2D eigenvalue weighted by atomic mass is 10.1. The van der Waals surface area contributed by atoms with Crippen LogP contribution in [0.15, 0.2) is 71.4 Å². The van der Waals surface area contributed by atoms with Crippen molar-refractivity contribution in [2.75, 3.05) is 11.9 Å². The summed E-state index contributed by atoms with van der Waals surface area (Å²) in [7, 11) is 0. The minimum Gasteiger partial charge on any atom is -0.454 e. The van der Waals surface area contributed by atoms with E-state index in [1.165, 1.54) is 0 Å². The van der Waals surface area contributed by atoms with Crippen LogP contribution in [0.5, 0.6) is 0 Å². The first-order valence-corrected chi connectivity index (χ1v) is 12.1. The number of rotatable bonds is 7. The molecule has 0 saturated heterocycles. The molecule has 1 aliphatic carbocycles. The molecular formula is C28H27N5O2. The highest BCUT2D eigenvalue weighted by Gasteiger charge is 2.24. The van der Waals surface area contributed by atoms with Crippen LogP contribution in [0.3, 0.4) is 0 Å². The van der Waals surface area contributed by atoms with Crippen molar-refractivity contribution in [3.63, 3.8) is 0 Å². The van der Waals surface area contributed by atoms with Crippen molar-refractivity contribution in [2.45, 2.75) is 32.7 Å². The molecule has 1 fully saturated rings. The maximum absolute atomic E-state index is 12.4. The minimum absolute atomic E-state index is 0.0197. The number of fused-ring (bicyclic) bond motifs is 2. The Hall–Kier alpha value is -4.13. The van der Waals surface area contributed by atoms with Gasteiger partial charge in [-0.05, 0) is 43.0 Å². The lowest BCUT2D eigenvalue weighted by molar-refractivity contribution is 0.0951. The van der Waals surface area contributed by atoms with Gasteiger partial charge in [0.25, 0.3) is 5.91 Å². The van der Waals surface area contributed by atoms with Gasteiger partial charge in [0.15, 0.2) is 17.2 Å². The summed E-state index contributed by atoms with van der Waals surface area (Å²) in [6.45, 7) is 5.09. The van der Waals surface area contributed by atoms with Gasteiger partial charge in [0.1, 0.15) is 11.3 Å². The van der Waals surface area contributed by atoms with Gasteiger partial charge < -0.3 is 15.1 Å². The molecule has 1 saturated carbocycles. The summed E-state index contributed by atoms with van der Waals surface area (Å²) in [6, 6.07) is 18.0. The number of furan rings is 1. The minimum atomic E-state index is -0.0197. The molecule has 0 radical (unpaired) electrons. The van der Waals surface area contributed by atoms with Crippen LogP contribution >= 0.6 is 0 Å². The molecule has 0 unspecified atom stereocenters. The molecular weight excluding hydrogens is 438 g/mol. The van der Waals surface area contributed by atoms with Gasteiger partial charge in [-0.1, -0.05) is 44.2 Å². The molecule has 7 nitrogen and oxygen atoms in total. The SMILES string of the molecule is CC(C)CNc1nc(-c2cc3ccccc3o2)cn2c(-c3ccc(C(=O)NC4CC4)cc3)cnc12. The molecule has 176 valence electrons. The zero-order chi connectivity index (χ0) is 23.9. The largest absolute Gasteiger partial charge is 0.454 e. The summed E-state index contributed by atoms with van der Waals surface area (Å²) in [5.74, 6) is 1.85. The Morgan fingerprint density at radius 3 is 2.69 bits per heavy atom. The summed E-state index contributed by atoms with van der Waals surface area (Å²) in [4.78, 5) is 22.0. The van der Waals surface area contributed by atoms with Crippen molar-refractivity contribution in [1.29, 1.82) is 0 Å². The Balaban J connectivity index is 1.42. The molecule has 0 spiro atoms. The van der Waals surface area contributed by atoms with Crippen molar-refractivity contribution in [3.8, 4) is 22.7 Å². The molecule has 1 aliphatic rings. The van der Waals surface area contributed by atoms with Crippen LogP contribution in [0.25, 0.3) is 39.3 Å². The number of hydrogen-bond donors (Lipinski definition) is 2. The molecule has 7 heteroatoms. The van der Waals surface area contributed by atoms with E-state index in [-0.39, 0.29) is 5.91 Å². The summed E-state index contributed by atoms with van der Waals surface area (Å²) in [5, 5.41) is 7.53. The van der Waals surface area contributed by atoms with Gasteiger partial charge in [0, 0.05) is 35.3 Å². The molecule has 2 aromatic carbocycles. The quantitative estimate of drug-likeness (QED) is 0.319. The average molecular weight is 466 g/mol. The van der Waals surface area contributed by atoms with Crippen molar-refractivity contribution < 1.29 is 9.21 Å². The third-order valence-corrected chi connectivity index (χ3v) is 6.20. The zero-order valence-corrected chi connectivity index (χ0v) is 19.8. The van der Waals surface area contributed by atoms with Gasteiger partial charge >= 0.3 is 0 Å². The van der Waals surface area contributed by atoms with Crippen molar-refractivity contribution in [2.24, 2.45) is 5.92 Å². The Morgan fingerprint density at radius 2 is 1.94 bits per heavy atom. The zero-order valence-electron chi connectivity index (χ0n) is 19.8. The molecule has 5 aromatic rings. The van der Waals surface area contributed by atoms with E-state index in [2.05, 4.69) is 29.5 Å². The third kappa shape index (κ3) is 4.25. The van der Waals surface area contributed by atoms with Crippen molar-refractivity contribution >= 4 is 28.3 Å². The molecule has 0 atom stereocenters. The first-order chi connectivity index (χ1) is 17.0. The maximum atomic E-state index is 12.4. The third-order valence-electron chi connectivity index (χ3n) is 6.20. The van der Waals surface area contributed by atoms with Gasteiger partial charge in [0.2, 0.25) is 0 Å². The van der Waals surface area contributed by atoms with Gasteiger partial charge in [-0.3, -0.25) is 9.20 Å². The Kier molecular flexibility index (Phi) is 5.25. The predicted octanol–water partition coefficient (Wildman–Crippen LogP) is 5.77. The summed E-state index contributed by atoms with van der Waals surface area (Å²) in [5.41, 5.74) is 4.85. The van der Waals surface area contributed by atoms with E-state index >= 15 is 0 Å². The van der Waals surface area contributed by atoms with Crippen LogP contribution in [-0.2, 0) is 0 Å². The summed E-state index contributed by atoms with van der Waals surface area (Å²) < 4.78 is 8.16. The van der Waals surface area contributed by atoms with Crippen LogP contribution in [-0.4, -0.2) is 32.9 Å². The predicted molar refractivity (Wildman–Crippen MR) is 137 cm³/mol. The second-order valence-corrected chi connectivity index (χ2v) is 9.56. The Labute approximate surface area is 203 Å². The fourth-order valence-corrected chi connectivity index (χ4v) is 4.14. The monoisotopic (exact) mass is 465 g/mol. The highest BCUT2D eigenvalue weighted by atomic mass is 16.3. The lowest BCUT2D eigenvalue weighted by Gasteiger charge is -2.12. The summed E-state index contributed by atoms with van der Waals surface area (Å²) in [6.07, 6.45) is 5.95. The average Bonchev–Trinajstić information content (AvgIpc) is 3.40. The fraction of sp³-hybridized carbons (Fsp3) is 0.250. The van der Waals surface area contributed by atoms with E-state index in [1.807, 2.05) is 71.4 Å². The molecule has 35 heavy (non-hydrogen) atoms. The summed E-state index contributed by atoms with van der Waals surface area (Å²) >= 11 is 0. The fourth-order valence-electron chi connectivity index (χ4n) is 4.14. The number of imidazole rings is 1. The number of carbonyl (C=O) groups excluding carboxylic acids is 1. The van der Waals surface area contributed by atoms with Gasteiger partial charge in [-0.15, -0.1) is 0 Å². The molecule has 0 aliphatic heterocycles. The first-order valence-electron chi connectivity index (χ1n) is 12.1. The highest BCUT2D eigenvalue weighted by molar-refractivity contribution is 5.95. The number of carbonyl (C=O) groups is 1. The standard InChI is InChI=1S/C28H27N5O2/c1-17(2)14-29-26-27-30-15-23(18-7-9-19(10-8-18)28(34)31-21-11-12-21)33(27)16-22(32-26)25-13-20-5-3-4-6-24(20)35-25/h3-10,13,15-17,21H,11-12,14H2,1-2H3,(H,29,32)(H,31,34). The molecule has 1 amide bonds. The van der Waals surface area contributed by atoms with E-state index in [4.69, 9.17) is 9.40 Å². The van der Waals surface area contributed by atoms with E-state index in [0.29, 0.717) is 29.1 Å². The maximum Gasteiger partial charge on any atom is 0.251 e. The second-order valence-electron chi connectivity index (χ2n) is 9.56. The van der Waals surface area contributed by atoms with Crippen LogP contribution < -0.4 is 10.6 Å². The van der Waals surface area contributed by atoms with Gasteiger partial charge in [-0.2, -0.15) is 0 Å². The van der Waals surface area contributed by atoms with Crippen LogP contribution in [0, 0.1) is 5.92 Å². The van der Waals surface area contributed by atoms with Crippen LogP contribution in [0.1, 0.15) is 37.0 Å². The number of aromatic nitrogens is 3. The van der Waals surface area contributed by atoms with E-state index < -0.39 is 0 Å². The van der Waals surface area contributed by atoms with Crippen LogP contribution in [0.2, 0.25) is 0 Å². The number of nitrogens with one attached hydrogen (secondary N) is 2. The number of nitrogens with zero attached hydrogens (tertiary/aromatic N) is 3. The molecule has 2 N–H and O–H groups in total. The second kappa shape index (κ2) is 8.58. The smallest absolute Gasteiger partial charge is 0.251 e. The first kappa shape index (κ1) is 21.4. The van der Waals surface area contributed by atoms with Gasteiger partial charge in [0.05, 0.1) is 11.9 Å². The van der Waals surface area contributed by atoms with E-state index in [0.717, 1.165) is 53.0 Å².